The molecule has 306 valence electrons. The lowest BCUT2D eigenvalue weighted by atomic mass is 10.1. The topological polar surface area (TPSA) is 99.1 Å². The number of carboxylic acid groups (broad SMARTS) is 1. The van der Waals surface area contributed by atoms with Crippen molar-refractivity contribution in [2.45, 2.75) is 148 Å². The molecule has 54 heavy (non-hydrogen) atoms. The average Bonchev–Trinajstić information content (AvgIpc) is 3.12. The zero-order valence-corrected chi connectivity index (χ0v) is 34.6. The van der Waals surface area contributed by atoms with Gasteiger partial charge >= 0.3 is 17.9 Å². The van der Waals surface area contributed by atoms with E-state index < -0.39 is 24.1 Å². The summed E-state index contributed by atoms with van der Waals surface area (Å²) in [5.41, 5.74) is 0. The van der Waals surface area contributed by atoms with Crippen LogP contribution in [0.1, 0.15) is 136 Å². The predicted octanol–water partition coefficient (Wildman–Crippen LogP) is 11.0. The van der Waals surface area contributed by atoms with Crippen LogP contribution in [0, 0.1) is 0 Å². The van der Waals surface area contributed by atoms with E-state index in [1.54, 1.807) is 6.08 Å². The van der Waals surface area contributed by atoms with Crippen molar-refractivity contribution < 1.29 is 38.2 Å². The van der Waals surface area contributed by atoms with Gasteiger partial charge in [-0.1, -0.05) is 131 Å². The van der Waals surface area contributed by atoms with Crippen molar-refractivity contribution >= 4 is 17.9 Å². The highest BCUT2D eigenvalue weighted by atomic mass is 16.6. The first kappa shape index (κ1) is 50.5. The summed E-state index contributed by atoms with van der Waals surface area (Å²) < 4.78 is 17.1. The fourth-order valence-electron chi connectivity index (χ4n) is 5.37. The van der Waals surface area contributed by atoms with Crippen molar-refractivity contribution in [3.8, 4) is 0 Å². The van der Waals surface area contributed by atoms with Crippen LogP contribution in [0.2, 0.25) is 0 Å². The van der Waals surface area contributed by atoms with Gasteiger partial charge < -0.3 is 23.8 Å². The fourth-order valence-corrected chi connectivity index (χ4v) is 5.37. The molecule has 0 heterocycles. The summed E-state index contributed by atoms with van der Waals surface area (Å²) in [6.45, 7) is 4.42. The lowest BCUT2D eigenvalue weighted by Crippen LogP contribution is -2.50. The number of hydrogen-bond donors (Lipinski definition) is 1. The molecule has 0 saturated carbocycles. The highest BCUT2D eigenvalue weighted by molar-refractivity contribution is 5.72. The molecule has 2 atom stereocenters. The molecule has 0 fully saturated rings. The number of unbranched alkanes of at least 4 members (excludes halogenated alkanes) is 8. The van der Waals surface area contributed by atoms with Crippen molar-refractivity contribution in [1.82, 2.24) is 0 Å². The quantitative estimate of drug-likeness (QED) is 0.0298. The van der Waals surface area contributed by atoms with Gasteiger partial charge in [-0.05, 0) is 70.6 Å². The third-order valence-electron chi connectivity index (χ3n) is 8.56. The summed E-state index contributed by atoms with van der Waals surface area (Å²) >= 11 is 0. The smallest absolute Gasteiger partial charge is 0.362 e. The zero-order chi connectivity index (χ0) is 40.0. The average molecular weight is 755 g/mol. The Morgan fingerprint density at radius 1 is 0.593 bits per heavy atom. The van der Waals surface area contributed by atoms with Gasteiger partial charge in [-0.15, -0.1) is 0 Å². The van der Waals surface area contributed by atoms with Gasteiger partial charge in [0.1, 0.15) is 6.61 Å². The van der Waals surface area contributed by atoms with E-state index in [0.717, 1.165) is 77.0 Å². The fraction of sp³-hybridized carbons (Fsp3) is 0.630. The summed E-state index contributed by atoms with van der Waals surface area (Å²) in [6.07, 6.45) is 46.7. The first-order valence-electron chi connectivity index (χ1n) is 20.6. The number of carbonyl (C=O) groups is 3. The number of carbonyl (C=O) groups excluding carboxylic acids is 2. The second-order valence-corrected chi connectivity index (χ2v) is 14.5. The van der Waals surface area contributed by atoms with Crippen LogP contribution in [-0.2, 0) is 28.6 Å². The lowest BCUT2D eigenvalue weighted by Gasteiger charge is -2.31. The van der Waals surface area contributed by atoms with E-state index in [4.69, 9.17) is 14.2 Å². The molecule has 0 radical (unpaired) electrons. The molecule has 2 unspecified atom stereocenters. The number of carboxylic acids is 1. The van der Waals surface area contributed by atoms with Crippen LogP contribution in [0.3, 0.4) is 0 Å². The zero-order valence-electron chi connectivity index (χ0n) is 34.6. The summed E-state index contributed by atoms with van der Waals surface area (Å²) in [5, 5.41) is 9.59. The third-order valence-corrected chi connectivity index (χ3v) is 8.56. The summed E-state index contributed by atoms with van der Waals surface area (Å²) in [5.74, 6) is -1.66. The first-order chi connectivity index (χ1) is 26.1. The van der Waals surface area contributed by atoms with E-state index in [2.05, 4.69) is 86.8 Å². The van der Waals surface area contributed by atoms with Crippen LogP contribution in [0.4, 0.5) is 0 Å². The molecule has 0 saturated heterocycles. The number of likely N-dealkylation sites (N-methyl/N-ethyl adjacent to an activating group) is 1. The van der Waals surface area contributed by atoms with Crippen molar-refractivity contribution in [3.05, 3.63) is 85.1 Å². The highest BCUT2D eigenvalue weighted by Gasteiger charge is 2.31. The Kier molecular flexibility index (Phi) is 34.1. The van der Waals surface area contributed by atoms with Crippen LogP contribution in [0.25, 0.3) is 0 Å². The van der Waals surface area contributed by atoms with Gasteiger partial charge in [-0.25, -0.2) is 4.79 Å². The molecular weight excluding hydrogens is 679 g/mol. The Morgan fingerprint density at radius 3 is 1.63 bits per heavy atom. The Morgan fingerprint density at radius 2 is 1.09 bits per heavy atom. The number of ether oxygens (including phenoxy) is 3. The molecular formula is C46H76NO7+. The minimum atomic E-state index is -0.893. The van der Waals surface area contributed by atoms with Gasteiger partial charge in [0, 0.05) is 12.8 Å². The maximum Gasteiger partial charge on any atom is 0.362 e. The Hall–Kier alpha value is -3.49. The molecule has 8 nitrogen and oxygen atoms in total. The number of aliphatic carboxylic acids is 1. The second kappa shape index (κ2) is 36.5. The molecule has 1 N–H and O–H groups in total. The van der Waals surface area contributed by atoms with Crippen molar-refractivity contribution in [2.75, 3.05) is 41.0 Å². The Bertz CT molecular complexity index is 1160. The van der Waals surface area contributed by atoms with E-state index >= 15 is 0 Å². The third kappa shape index (κ3) is 34.3. The van der Waals surface area contributed by atoms with Crippen LogP contribution < -0.4 is 0 Å². The molecule has 0 aromatic rings. The van der Waals surface area contributed by atoms with Gasteiger partial charge in [-0.2, -0.15) is 0 Å². The van der Waals surface area contributed by atoms with Crippen molar-refractivity contribution in [2.24, 2.45) is 0 Å². The van der Waals surface area contributed by atoms with Gasteiger partial charge in [0.25, 0.3) is 0 Å². The van der Waals surface area contributed by atoms with Crippen LogP contribution in [-0.4, -0.2) is 80.6 Å². The maximum atomic E-state index is 12.7. The molecule has 0 spiro atoms. The predicted molar refractivity (Wildman–Crippen MR) is 224 cm³/mol. The first-order valence-corrected chi connectivity index (χ1v) is 20.6. The maximum absolute atomic E-state index is 12.7. The van der Waals surface area contributed by atoms with Crippen LogP contribution in [0.15, 0.2) is 85.1 Å². The summed E-state index contributed by atoms with van der Waals surface area (Å²) in [4.78, 5) is 36.7. The molecule has 0 bridgehead atoms. The van der Waals surface area contributed by atoms with Crippen molar-refractivity contribution in [3.63, 3.8) is 0 Å². The van der Waals surface area contributed by atoms with Gasteiger partial charge in [0.2, 0.25) is 0 Å². The summed E-state index contributed by atoms with van der Waals surface area (Å²) in [6, 6.07) is -0.633. The Balaban J connectivity index is 4.43. The standard InChI is InChI=1S/C46H75NO7/c1-6-8-10-12-14-16-17-18-19-20-21-22-23-24-25-26-27-29-31-33-35-37-45(49)54-42(40-52-39-38-43(46(50)51)47(3,4)5)41-53-44(48)36-34-32-30-28-15-13-11-9-7-2/h9,11,14-16,18-19,21-22,24-25,28,32,34,42-43H,6-8,10,12-13,17,20,23,26-27,29-31,33,35-41H2,1-5H3/p+1/b11-9+,16-14+,19-18+,22-21+,25-24+,28-15+,34-32+. The molecule has 0 aliphatic carbocycles. The largest absolute Gasteiger partial charge is 0.477 e. The molecule has 0 aromatic carbocycles. The highest BCUT2D eigenvalue weighted by Crippen LogP contribution is 2.12. The lowest BCUT2D eigenvalue weighted by molar-refractivity contribution is -0.887. The molecule has 0 rings (SSSR count). The molecule has 0 amide bonds. The molecule has 0 aliphatic rings. The minimum Gasteiger partial charge on any atom is -0.477 e. The normalized spacial score (nSPS) is 13.9. The molecule has 0 aromatic heterocycles. The summed E-state index contributed by atoms with van der Waals surface area (Å²) in [7, 11) is 5.48. The molecule has 8 heteroatoms. The van der Waals surface area contributed by atoms with Crippen molar-refractivity contribution in [1.29, 1.82) is 0 Å². The van der Waals surface area contributed by atoms with Gasteiger partial charge in [0.15, 0.2) is 12.1 Å². The number of esters is 2. The number of allylic oxidation sites excluding steroid dienone is 13. The van der Waals surface area contributed by atoms with Crippen LogP contribution in [0.5, 0.6) is 0 Å². The molecule has 0 aliphatic heterocycles. The van der Waals surface area contributed by atoms with E-state index in [9.17, 15) is 19.5 Å². The SMILES string of the molecule is CC/C=C/C/C=C/C/C=C/CC(=O)OCC(COCCC(C(=O)O)[N+](C)(C)C)OC(=O)CCCCCCC/C=C/C/C=C/C/C=C/C/C=C/CCCCC. The van der Waals surface area contributed by atoms with E-state index in [1.807, 2.05) is 27.2 Å². The Labute approximate surface area is 329 Å². The van der Waals surface area contributed by atoms with E-state index in [-0.39, 0.29) is 43.1 Å². The number of hydrogen-bond acceptors (Lipinski definition) is 6. The minimum absolute atomic E-state index is 0.0209. The second-order valence-electron chi connectivity index (χ2n) is 14.5. The van der Waals surface area contributed by atoms with Gasteiger partial charge in [-0.3, -0.25) is 9.59 Å². The number of rotatable bonds is 35. The van der Waals surface area contributed by atoms with E-state index in [0.29, 0.717) is 6.42 Å². The van der Waals surface area contributed by atoms with Gasteiger partial charge in [0.05, 0.1) is 40.8 Å². The number of quaternary nitrogens is 1. The monoisotopic (exact) mass is 755 g/mol. The van der Waals surface area contributed by atoms with Crippen LogP contribution >= 0.6 is 0 Å². The van der Waals surface area contributed by atoms with E-state index in [1.165, 1.54) is 25.7 Å². The number of nitrogens with zero attached hydrogens (tertiary/aromatic N) is 1.